The number of anilines is 2. The van der Waals surface area contributed by atoms with E-state index in [0.29, 0.717) is 49.1 Å². The highest BCUT2D eigenvalue weighted by molar-refractivity contribution is 5.91. The molecule has 1 saturated heterocycles. The maximum atomic E-state index is 13.3. The van der Waals surface area contributed by atoms with Crippen molar-refractivity contribution in [3.63, 3.8) is 0 Å². The van der Waals surface area contributed by atoms with Gasteiger partial charge in [-0.05, 0) is 44.0 Å². The van der Waals surface area contributed by atoms with Gasteiger partial charge in [0.15, 0.2) is 11.5 Å². The molecular weight excluding hydrogens is 437 g/mol. The van der Waals surface area contributed by atoms with E-state index in [4.69, 9.17) is 9.47 Å². The third-order valence-electron chi connectivity index (χ3n) is 5.55. The summed E-state index contributed by atoms with van der Waals surface area (Å²) in [6, 6.07) is 7.77. The molecule has 2 aliphatic heterocycles. The zero-order valence-electron chi connectivity index (χ0n) is 18.5. The van der Waals surface area contributed by atoms with E-state index in [0.717, 1.165) is 6.07 Å². The summed E-state index contributed by atoms with van der Waals surface area (Å²) >= 11 is 0. The Balaban J connectivity index is 1.48. The Kier molecular flexibility index (Phi) is 6.64. The molecule has 3 heterocycles. The molecule has 10 heteroatoms. The second-order valence-electron chi connectivity index (χ2n) is 8.46. The van der Waals surface area contributed by atoms with E-state index in [-0.39, 0.29) is 36.7 Å². The minimum absolute atomic E-state index is 0.103. The summed E-state index contributed by atoms with van der Waals surface area (Å²) in [5, 5.41) is 6.18. The number of hydrogen-bond donors (Lipinski definition) is 2. The molecule has 2 aromatic rings. The second-order valence-corrected chi connectivity index (χ2v) is 8.46. The number of nitrogens with zero attached hydrogens (tertiary/aromatic N) is 2. The van der Waals surface area contributed by atoms with Crippen molar-refractivity contribution in [1.82, 2.24) is 10.3 Å². The average Bonchev–Trinajstić information content (AvgIpc) is 2.76. The van der Waals surface area contributed by atoms with Crippen molar-refractivity contribution in [2.75, 3.05) is 36.5 Å². The highest BCUT2D eigenvalue weighted by atomic mass is 19.4. The SMILES string of the molecule is CC1CN(c2nc(C(F)(F)F)ccc2CCC(=O)Nc2ccc3c(c2)OCCO3)CC(C)N1. The van der Waals surface area contributed by atoms with Crippen LogP contribution in [-0.4, -0.2) is 49.3 Å². The molecule has 4 rings (SSSR count). The van der Waals surface area contributed by atoms with Gasteiger partial charge in [-0.1, -0.05) is 6.07 Å². The monoisotopic (exact) mass is 464 g/mol. The maximum Gasteiger partial charge on any atom is 0.433 e. The van der Waals surface area contributed by atoms with E-state index >= 15 is 0 Å². The standard InChI is InChI=1S/C23H27F3N4O3/c1-14-12-30(13-15(2)27-14)22-16(3-7-20(29-22)23(24,25)26)4-8-21(31)28-17-5-6-18-19(11-17)33-10-9-32-18/h3,5-7,11,14-15,27H,4,8-10,12-13H2,1-2H3,(H,28,31). The Morgan fingerprint density at radius 1 is 1.12 bits per heavy atom. The molecule has 2 unspecified atom stereocenters. The van der Waals surface area contributed by atoms with Gasteiger partial charge in [0.05, 0.1) is 0 Å². The summed E-state index contributed by atoms with van der Waals surface area (Å²) in [6.45, 7) is 5.96. The number of carbonyl (C=O) groups is 1. The second kappa shape index (κ2) is 9.46. The smallest absolute Gasteiger partial charge is 0.433 e. The Morgan fingerprint density at radius 2 is 1.82 bits per heavy atom. The van der Waals surface area contributed by atoms with Gasteiger partial charge < -0.3 is 25.0 Å². The van der Waals surface area contributed by atoms with Crippen LogP contribution in [0, 0.1) is 0 Å². The van der Waals surface area contributed by atoms with Crippen LogP contribution in [0.1, 0.15) is 31.5 Å². The number of nitrogens with one attached hydrogen (secondary N) is 2. The minimum atomic E-state index is -4.53. The van der Waals surface area contributed by atoms with Crippen LogP contribution >= 0.6 is 0 Å². The van der Waals surface area contributed by atoms with Gasteiger partial charge in [-0.2, -0.15) is 13.2 Å². The van der Waals surface area contributed by atoms with Crippen molar-refractivity contribution >= 4 is 17.4 Å². The van der Waals surface area contributed by atoms with Gasteiger partial charge in [0, 0.05) is 43.3 Å². The zero-order valence-corrected chi connectivity index (χ0v) is 18.5. The van der Waals surface area contributed by atoms with Gasteiger partial charge >= 0.3 is 6.18 Å². The first-order chi connectivity index (χ1) is 15.7. The van der Waals surface area contributed by atoms with E-state index in [1.165, 1.54) is 6.07 Å². The average molecular weight is 464 g/mol. The number of piperazine rings is 1. The fraction of sp³-hybridized carbons (Fsp3) is 0.478. The summed E-state index contributed by atoms with van der Waals surface area (Å²) in [5.41, 5.74) is 0.252. The van der Waals surface area contributed by atoms with Crippen LogP contribution in [0.4, 0.5) is 24.7 Å². The zero-order chi connectivity index (χ0) is 23.6. The van der Waals surface area contributed by atoms with Crippen LogP contribution < -0.4 is 25.0 Å². The number of aryl methyl sites for hydroxylation is 1. The number of fused-ring (bicyclic) bond motifs is 1. The molecule has 2 N–H and O–H groups in total. The van der Waals surface area contributed by atoms with E-state index in [9.17, 15) is 18.0 Å². The van der Waals surface area contributed by atoms with Crippen molar-refractivity contribution in [2.45, 2.75) is 44.9 Å². The number of benzene rings is 1. The van der Waals surface area contributed by atoms with E-state index in [2.05, 4.69) is 15.6 Å². The Bertz CT molecular complexity index is 1000. The highest BCUT2D eigenvalue weighted by Gasteiger charge is 2.34. The lowest BCUT2D eigenvalue weighted by molar-refractivity contribution is -0.141. The first-order valence-corrected chi connectivity index (χ1v) is 11.0. The lowest BCUT2D eigenvalue weighted by Crippen LogP contribution is -2.54. The fourth-order valence-corrected chi connectivity index (χ4v) is 4.20. The molecule has 2 aliphatic rings. The summed E-state index contributed by atoms with van der Waals surface area (Å²) < 4.78 is 51.0. The predicted molar refractivity (Wildman–Crippen MR) is 118 cm³/mol. The molecule has 0 spiro atoms. The molecule has 0 radical (unpaired) electrons. The lowest BCUT2D eigenvalue weighted by Gasteiger charge is -2.38. The largest absolute Gasteiger partial charge is 0.486 e. The van der Waals surface area contributed by atoms with Crippen LogP contribution in [0.3, 0.4) is 0 Å². The maximum absolute atomic E-state index is 13.3. The number of aromatic nitrogens is 1. The predicted octanol–water partition coefficient (Wildman–Crippen LogP) is 3.63. The Morgan fingerprint density at radius 3 is 2.52 bits per heavy atom. The number of rotatable bonds is 5. The topological polar surface area (TPSA) is 75.7 Å². The van der Waals surface area contributed by atoms with Gasteiger partial charge in [-0.3, -0.25) is 4.79 Å². The number of alkyl halides is 3. The minimum Gasteiger partial charge on any atom is -0.486 e. The quantitative estimate of drug-likeness (QED) is 0.704. The van der Waals surface area contributed by atoms with Gasteiger partial charge in [-0.15, -0.1) is 0 Å². The number of pyridine rings is 1. The number of halogens is 3. The first kappa shape index (κ1) is 23.2. The third-order valence-corrected chi connectivity index (χ3v) is 5.55. The summed E-state index contributed by atoms with van der Waals surface area (Å²) in [7, 11) is 0. The van der Waals surface area contributed by atoms with Crippen molar-refractivity contribution in [3.05, 3.63) is 41.6 Å². The van der Waals surface area contributed by atoms with Crippen molar-refractivity contribution in [1.29, 1.82) is 0 Å². The Hall–Kier alpha value is -3.01. The van der Waals surface area contributed by atoms with Gasteiger partial charge in [-0.25, -0.2) is 4.98 Å². The third kappa shape index (κ3) is 5.68. The van der Waals surface area contributed by atoms with Crippen LogP contribution in [0.2, 0.25) is 0 Å². The molecule has 178 valence electrons. The van der Waals surface area contributed by atoms with Crippen LogP contribution in [-0.2, 0) is 17.4 Å². The molecule has 1 amide bonds. The fourth-order valence-electron chi connectivity index (χ4n) is 4.20. The van der Waals surface area contributed by atoms with E-state index < -0.39 is 11.9 Å². The van der Waals surface area contributed by atoms with E-state index in [1.54, 1.807) is 18.2 Å². The summed E-state index contributed by atoms with van der Waals surface area (Å²) in [4.78, 5) is 18.4. The van der Waals surface area contributed by atoms with Crippen LogP contribution in [0.25, 0.3) is 0 Å². The molecule has 0 saturated carbocycles. The van der Waals surface area contributed by atoms with Crippen LogP contribution in [0.15, 0.2) is 30.3 Å². The molecule has 1 fully saturated rings. The first-order valence-electron chi connectivity index (χ1n) is 11.0. The summed E-state index contributed by atoms with van der Waals surface area (Å²) in [5.74, 6) is 1.23. The van der Waals surface area contributed by atoms with E-state index in [1.807, 2.05) is 18.7 Å². The molecule has 33 heavy (non-hydrogen) atoms. The van der Waals surface area contributed by atoms with Crippen molar-refractivity contribution in [3.8, 4) is 11.5 Å². The van der Waals surface area contributed by atoms with Gasteiger partial charge in [0.2, 0.25) is 5.91 Å². The summed E-state index contributed by atoms with van der Waals surface area (Å²) in [6.07, 6.45) is -4.16. The van der Waals surface area contributed by atoms with Crippen molar-refractivity contribution in [2.24, 2.45) is 0 Å². The molecule has 0 aliphatic carbocycles. The lowest BCUT2D eigenvalue weighted by atomic mass is 10.1. The molecule has 7 nitrogen and oxygen atoms in total. The number of carbonyl (C=O) groups excluding carboxylic acids is 1. The molecule has 0 bridgehead atoms. The van der Waals surface area contributed by atoms with Gasteiger partial charge in [0.1, 0.15) is 24.7 Å². The van der Waals surface area contributed by atoms with Crippen LogP contribution in [0.5, 0.6) is 11.5 Å². The highest BCUT2D eigenvalue weighted by Crippen LogP contribution is 2.33. The molecule has 2 atom stereocenters. The molecular formula is C23H27F3N4O3. The number of ether oxygens (including phenoxy) is 2. The van der Waals surface area contributed by atoms with Gasteiger partial charge in [0.25, 0.3) is 0 Å². The Labute approximate surface area is 190 Å². The normalized spacial score (nSPS) is 20.5. The number of hydrogen-bond acceptors (Lipinski definition) is 6. The molecule has 1 aromatic carbocycles. The number of amides is 1. The van der Waals surface area contributed by atoms with Crippen molar-refractivity contribution < 1.29 is 27.4 Å². The molecule has 1 aromatic heterocycles.